The van der Waals surface area contributed by atoms with E-state index in [0.29, 0.717) is 36.6 Å². The van der Waals surface area contributed by atoms with Crippen molar-refractivity contribution in [2.45, 2.75) is 44.6 Å². The second-order valence-corrected chi connectivity index (χ2v) is 9.62. The fourth-order valence-electron chi connectivity index (χ4n) is 4.03. The van der Waals surface area contributed by atoms with Crippen LogP contribution in [0.1, 0.15) is 38.7 Å². The molecule has 1 aromatic carbocycles. The highest BCUT2D eigenvalue weighted by Crippen LogP contribution is 2.35. The maximum atomic E-state index is 12.7. The van der Waals surface area contributed by atoms with Gasteiger partial charge in [0.2, 0.25) is 10.0 Å². The third kappa shape index (κ3) is 4.42. The Balaban J connectivity index is 1.63. The molecule has 25 heavy (non-hydrogen) atoms. The van der Waals surface area contributed by atoms with Gasteiger partial charge in [-0.15, -0.1) is 0 Å². The highest BCUT2D eigenvalue weighted by Gasteiger charge is 2.32. The van der Waals surface area contributed by atoms with E-state index in [1.807, 2.05) is 12.1 Å². The minimum absolute atomic E-state index is 0.385. The zero-order chi connectivity index (χ0) is 17.9. The SMILES string of the molecule is CCCC1(C)CCN(Cc2ccc(S(=O)(=O)N3CCOCC3)cc2)C1. The highest BCUT2D eigenvalue weighted by molar-refractivity contribution is 7.89. The van der Waals surface area contributed by atoms with Crippen molar-refractivity contribution in [3.8, 4) is 0 Å². The van der Waals surface area contributed by atoms with Crippen LogP contribution >= 0.6 is 0 Å². The summed E-state index contributed by atoms with van der Waals surface area (Å²) in [6.45, 7) is 9.62. The second kappa shape index (κ2) is 7.74. The zero-order valence-corrected chi connectivity index (χ0v) is 16.2. The van der Waals surface area contributed by atoms with Crippen molar-refractivity contribution >= 4 is 10.0 Å². The van der Waals surface area contributed by atoms with Crippen LogP contribution < -0.4 is 0 Å². The lowest BCUT2D eigenvalue weighted by atomic mass is 9.85. The predicted octanol–water partition coefficient (Wildman–Crippen LogP) is 2.72. The van der Waals surface area contributed by atoms with E-state index in [1.165, 1.54) is 29.1 Å². The van der Waals surface area contributed by atoms with E-state index in [4.69, 9.17) is 4.74 Å². The molecule has 0 amide bonds. The summed E-state index contributed by atoms with van der Waals surface area (Å²) in [7, 11) is -3.39. The minimum Gasteiger partial charge on any atom is -0.379 e. The number of hydrogen-bond acceptors (Lipinski definition) is 4. The van der Waals surface area contributed by atoms with Gasteiger partial charge in [0.15, 0.2) is 0 Å². The molecule has 0 saturated carbocycles. The lowest BCUT2D eigenvalue weighted by Crippen LogP contribution is -2.40. The van der Waals surface area contributed by atoms with Crippen molar-refractivity contribution in [1.82, 2.24) is 9.21 Å². The lowest BCUT2D eigenvalue weighted by molar-refractivity contribution is 0.0730. The Hall–Kier alpha value is -0.950. The Morgan fingerprint density at radius 1 is 1.12 bits per heavy atom. The molecule has 2 fully saturated rings. The Morgan fingerprint density at radius 2 is 1.80 bits per heavy atom. The summed E-state index contributed by atoms with van der Waals surface area (Å²) in [4.78, 5) is 2.87. The van der Waals surface area contributed by atoms with Gasteiger partial charge in [-0.05, 0) is 42.5 Å². The molecule has 0 aromatic heterocycles. The largest absolute Gasteiger partial charge is 0.379 e. The first-order chi connectivity index (χ1) is 11.9. The summed E-state index contributed by atoms with van der Waals surface area (Å²) in [5.74, 6) is 0. The van der Waals surface area contributed by atoms with Crippen LogP contribution in [0.2, 0.25) is 0 Å². The molecular weight excluding hydrogens is 336 g/mol. The van der Waals surface area contributed by atoms with Gasteiger partial charge in [-0.1, -0.05) is 32.4 Å². The summed E-state index contributed by atoms with van der Waals surface area (Å²) in [5.41, 5.74) is 1.62. The van der Waals surface area contributed by atoms with Gasteiger partial charge in [0.25, 0.3) is 0 Å². The standard InChI is InChI=1S/C19H30N2O3S/c1-3-8-19(2)9-10-20(16-19)15-17-4-6-18(7-5-17)25(22,23)21-11-13-24-14-12-21/h4-7H,3,8-16H2,1-2H3. The summed E-state index contributed by atoms with van der Waals surface area (Å²) in [6.07, 6.45) is 3.77. The summed E-state index contributed by atoms with van der Waals surface area (Å²) in [6, 6.07) is 7.43. The number of morpholine rings is 1. The smallest absolute Gasteiger partial charge is 0.243 e. The molecule has 5 nitrogen and oxygen atoms in total. The number of ether oxygens (including phenoxy) is 1. The van der Waals surface area contributed by atoms with Gasteiger partial charge < -0.3 is 4.74 Å². The summed E-state index contributed by atoms with van der Waals surface area (Å²) in [5, 5.41) is 0. The van der Waals surface area contributed by atoms with Crippen LogP contribution in [0.5, 0.6) is 0 Å². The van der Waals surface area contributed by atoms with Crippen LogP contribution in [0.4, 0.5) is 0 Å². The van der Waals surface area contributed by atoms with Crippen LogP contribution in [-0.4, -0.2) is 57.0 Å². The van der Waals surface area contributed by atoms with E-state index in [1.54, 1.807) is 12.1 Å². The van der Waals surface area contributed by atoms with E-state index in [2.05, 4.69) is 18.7 Å². The quantitative estimate of drug-likeness (QED) is 0.777. The van der Waals surface area contributed by atoms with Crippen LogP contribution in [0.15, 0.2) is 29.2 Å². The van der Waals surface area contributed by atoms with Gasteiger partial charge in [0, 0.05) is 26.2 Å². The molecule has 0 aliphatic carbocycles. The molecule has 2 aliphatic rings. The van der Waals surface area contributed by atoms with Gasteiger partial charge in [0.05, 0.1) is 18.1 Å². The van der Waals surface area contributed by atoms with Gasteiger partial charge in [-0.2, -0.15) is 4.31 Å². The molecule has 140 valence electrons. The van der Waals surface area contributed by atoms with Crippen molar-refractivity contribution in [3.05, 3.63) is 29.8 Å². The average Bonchev–Trinajstić information content (AvgIpc) is 2.97. The van der Waals surface area contributed by atoms with Crippen LogP contribution in [0, 0.1) is 5.41 Å². The number of benzene rings is 1. The van der Waals surface area contributed by atoms with Gasteiger partial charge in [-0.3, -0.25) is 4.90 Å². The molecule has 0 spiro atoms. The Bertz CT molecular complexity index is 668. The molecule has 6 heteroatoms. The minimum atomic E-state index is -3.39. The Labute approximate surface area is 152 Å². The zero-order valence-electron chi connectivity index (χ0n) is 15.4. The van der Waals surface area contributed by atoms with E-state index in [9.17, 15) is 8.42 Å². The molecule has 1 atom stereocenters. The normalized spacial score (nSPS) is 26.2. The molecule has 1 aromatic rings. The molecule has 2 saturated heterocycles. The van der Waals surface area contributed by atoms with E-state index in [-0.39, 0.29) is 0 Å². The fourth-order valence-corrected chi connectivity index (χ4v) is 5.44. The molecule has 1 unspecified atom stereocenters. The third-order valence-electron chi connectivity index (χ3n) is 5.43. The summed E-state index contributed by atoms with van der Waals surface area (Å²) < 4.78 is 32.1. The number of sulfonamides is 1. The molecular formula is C19H30N2O3S. The first-order valence-corrected chi connectivity index (χ1v) is 10.8. The first-order valence-electron chi connectivity index (χ1n) is 9.32. The molecule has 3 rings (SSSR count). The maximum Gasteiger partial charge on any atom is 0.243 e. The van der Waals surface area contributed by atoms with E-state index < -0.39 is 10.0 Å². The van der Waals surface area contributed by atoms with Gasteiger partial charge in [-0.25, -0.2) is 8.42 Å². The van der Waals surface area contributed by atoms with Gasteiger partial charge >= 0.3 is 0 Å². The second-order valence-electron chi connectivity index (χ2n) is 7.68. The topological polar surface area (TPSA) is 49.9 Å². The monoisotopic (exact) mass is 366 g/mol. The molecule has 0 N–H and O–H groups in total. The third-order valence-corrected chi connectivity index (χ3v) is 7.34. The average molecular weight is 367 g/mol. The maximum absolute atomic E-state index is 12.7. The molecule has 0 bridgehead atoms. The van der Waals surface area contributed by atoms with Crippen LogP contribution in [-0.2, 0) is 21.3 Å². The molecule has 0 radical (unpaired) electrons. The van der Waals surface area contributed by atoms with Crippen molar-refractivity contribution in [2.75, 3.05) is 39.4 Å². The molecule has 2 heterocycles. The fraction of sp³-hybridized carbons (Fsp3) is 0.684. The van der Waals surface area contributed by atoms with Crippen molar-refractivity contribution in [2.24, 2.45) is 5.41 Å². The van der Waals surface area contributed by atoms with Crippen LogP contribution in [0.25, 0.3) is 0 Å². The number of rotatable bonds is 6. The summed E-state index contributed by atoms with van der Waals surface area (Å²) >= 11 is 0. The lowest BCUT2D eigenvalue weighted by Gasteiger charge is -2.26. The van der Waals surface area contributed by atoms with E-state index in [0.717, 1.165) is 19.6 Å². The molecule has 2 aliphatic heterocycles. The highest BCUT2D eigenvalue weighted by atomic mass is 32.2. The van der Waals surface area contributed by atoms with Gasteiger partial charge in [0.1, 0.15) is 0 Å². The predicted molar refractivity (Wildman–Crippen MR) is 98.9 cm³/mol. The van der Waals surface area contributed by atoms with Crippen molar-refractivity contribution in [3.63, 3.8) is 0 Å². The Morgan fingerprint density at radius 3 is 2.44 bits per heavy atom. The number of nitrogens with zero attached hydrogens (tertiary/aromatic N) is 2. The Kier molecular flexibility index (Phi) is 5.83. The van der Waals surface area contributed by atoms with Crippen molar-refractivity contribution in [1.29, 1.82) is 0 Å². The number of hydrogen-bond donors (Lipinski definition) is 0. The van der Waals surface area contributed by atoms with Crippen molar-refractivity contribution < 1.29 is 13.2 Å². The van der Waals surface area contributed by atoms with E-state index >= 15 is 0 Å². The first kappa shape index (κ1) is 18.8. The number of likely N-dealkylation sites (tertiary alicyclic amines) is 1. The van der Waals surface area contributed by atoms with Crippen LogP contribution in [0.3, 0.4) is 0 Å².